The van der Waals surface area contributed by atoms with Crippen molar-refractivity contribution in [1.29, 1.82) is 0 Å². The van der Waals surface area contributed by atoms with Crippen molar-refractivity contribution in [1.82, 2.24) is 15.0 Å². The molecule has 0 bridgehead atoms. The van der Waals surface area contributed by atoms with Crippen LogP contribution in [0.3, 0.4) is 0 Å². The molecule has 1 saturated carbocycles. The first-order chi connectivity index (χ1) is 18.2. The summed E-state index contributed by atoms with van der Waals surface area (Å²) in [6.45, 7) is 1.93. The average Bonchev–Trinajstić information content (AvgIpc) is 2.93. The lowest BCUT2D eigenvalue weighted by molar-refractivity contribution is -0.137. The molecule has 0 spiro atoms. The van der Waals surface area contributed by atoms with Crippen molar-refractivity contribution in [2.24, 2.45) is 5.92 Å². The summed E-state index contributed by atoms with van der Waals surface area (Å²) in [5.74, 6) is -0.970. The molecule has 1 fully saturated rings. The molecule has 3 aromatic rings. The van der Waals surface area contributed by atoms with Gasteiger partial charge < -0.3 is 10.4 Å². The van der Waals surface area contributed by atoms with E-state index in [0.29, 0.717) is 32.1 Å². The Bertz CT molecular complexity index is 1340. The molecule has 1 aromatic heterocycles. The van der Waals surface area contributed by atoms with Crippen LogP contribution >= 0.6 is 0 Å². The SMILES string of the molecule is C[C@@H](NC(=O)C1CCC(NS(=O)(=O)c2ccc(-c3ccc(CCC(=O)O)cc3)cc2)CC1)c1cccnc1. The molecule has 2 aromatic carbocycles. The van der Waals surface area contributed by atoms with Gasteiger partial charge in [-0.15, -0.1) is 0 Å². The smallest absolute Gasteiger partial charge is 0.303 e. The van der Waals surface area contributed by atoms with Crippen molar-refractivity contribution in [3.05, 3.63) is 84.2 Å². The Hall–Kier alpha value is -3.56. The Morgan fingerprint density at radius 1 is 0.974 bits per heavy atom. The second kappa shape index (κ2) is 12.3. The van der Waals surface area contributed by atoms with Crippen LogP contribution in [0.4, 0.5) is 0 Å². The fourth-order valence-corrected chi connectivity index (χ4v) is 6.05. The molecule has 1 atom stereocenters. The summed E-state index contributed by atoms with van der Waals surface area (Å²) in [5.41, 5.74) is 3.69. The van der Waals surface area contributed by atoms with Gasteiger partial charge in [-0.2, -0.15) is 0 Å². The largest absolute Gasteiger partial charge is 0.481 e. The third-order valence-corrected chi connectivity index (χ3v) is 8.58. The molecule has 8 nitrogen and oxygen atoms in total. The summed E-state index contributed by atoms with van der Waals surface area (Å²) in [6, 6.07) is 17.7. The Kier molecular flexibility index (Phi) is 8.91. The number of benzene rings is 2. The van der Waals surface area contributed by atoms with Crippen molar-refractivity contribution in [2.45, 2.75) is 62.4 Å². The van der Waals surface area contributed by atoms with E-state index in [1.165, 1.54) is 0 Å². The molecule has 0 radical (unpaired) electrons. The third-order valence-electron chi connectivity index (χ3n) is 7.04. The van der Waals surface area contributed by atoms with E-state index in [4.69, 9.17) is 5.11 Å². The van der Waals surface area contributed by atoms with E-state index in [2.05, 4.69) is 15.0 Å². The number of nitrogens with zero attached hydrogens (tertiary/aromatic N) is 1. The van der Waals surface area contributed by atoms with Crippen LogP contribution in [0.1, 0.15) is 56.2 Å². The molecule has 200 valence electrons. The molecule has 0 unspecified atom stereocenters. The molecule has 1 heterocycles. The highest BCUT2D eigenvalue weighted by atomic mass is 32.2. The van der Waals surface area contributed by atoms with E-state index in [0.717, 1.165) is 22.3 Å². The Morgan fingerprint density at radius 3 is 2.18 bits per heavy atom. The highest BCUT2D eigenvalue weighted by molar-refractivity contribution is 7.89. The molecule has 1 aliphatic carbocycles. The van der Waals surface area contributed by atoms with Crippen molar-refractivity contribution >= 4 is 21.9 Å². The summed E-state index contributed by atoms with van der Waals surface area (Å²) >= 11 is 0. The minimum atomic E-state index is -3.69. The number of nitrogens with one attached hydrogen (secondary N) is 2. The number of sulfonamides is 1. The van der Waals surface area contributed by atoms with Crippen molar-refractivity contribution in [3.63, 3.8) is 0 Å². The fraction of sp³-hybridized carbons (Fsp3) is 0.345. The standard InChI is InChI=1S/C29H33N3O5S/c1-20(25-3-2-18-30-19-25)31-29(35)24-9-13-26(14-10-24)32-38(36,37)27-15-11-23(12-16-27)22-7-4-21(5-8-22)6-17-28(33)34/h2-5,7-8,11-12,15-16,18-20,24,26,32H,6,9-10,13-14,17H2,1H3,(H,31,35)(H,33,34)/t20-,24?,26?/m1/s1. The van der Waals surface area contributed by atoms with Gasteiger partial charge in [0.2, 0.25) is 15.9 Å². The zero-order valence-corrected chi connectivity index (χ0v) is 22.2. The topological polar surface area (TPSA) is 125 Å². The van der Waals surface area contributed by atoms with Crippen LogP contribution in [0.5, 0.6) is 0 Å². The van der Waals surface area contributed by atoms with E-state index in [-0.39, 0.29) is 35.2 Å². The minimum Gasteiger partial charge on any atom is -0.481 e. The lowest BCUT2D eigenvalue weighted by atomic mass is 9.85. The van der Waals surface area contributed by atoms with Gasteiger partial charge in [0.25, 0.3) is 0 Å². The molecule has 1 aliphatic rings. The third kappa shape index (κ3) is 7.26. The van der Waals surface area contributed by atoms with Crippen LogP contribution in [0, 0.1) is 5.92 Å². The summed E-state index contributed by atoms with van der Waals surface area (Å²) in [7, 11) is -3.69. The fourth-order valence-electron chi connectivity index (χ4n) is 4.75. The first kappa shape index (κ1) is 27.5. The molecule has 0 aliphatic heterocycles. The molecule has 1 amide bonds. The van der Waals surface area contributed by atoms with Gasteiger partial charge in [0.1, 0.15) is 0 Å². The van der Waals surface area contributed by atoms with Gasteiger partial charge in [0.05, 0.1) is 10.9 Å². The van der Waals surface area contributed by atoms with Crippen LogP contribution in [-0.2, 0) is 26.0 Å². The number of pyridine rings is 1. The summed E-state index contributed by atoms with van der Waals surface area (Å²) in [4.78, 5) is 27.8. The number of carbonyl (C=O) groups is 2. The number of carboxylic acid groups (broad SMARTS) is 1. The monoisotopic (exact) mass is 535 g/mol. The predicted molar refractivity (Wildman–Crippen MR) is 145 cm³/mol. The molecule has 38 heavy (non-hydrogen) atoms. The van der Waals surface area contributed by atoms with Crippen molar-refractivity contribution < 1.29 is 23.1 Å². The van der Waals surface area contributed by atoms with Gasteiger partial charge >= 0.3 is 5.97 Å². The van der Waals surface area contributed by atoms with Crippen molar-refractivity contribution in [2.75, 3.05) is 0 Å². The number of carboxylic acids is 1. The van der Waals surface area contributed by atoms with Crippen LogP contribution in [-0.4, -0.2) is 36.4 Å². The van der Waals surface area contributed by atoms with Crippen LogP contribution in [0.2, 0.25) is 0 Å². The number of amides is 1. The quantitative estimate of drug-likeness (QED) is 0.352. The second-order valence-electron chi connectivity index (χ2n) is 9.80. The van der Waals surface area contributed by atoms with E-state index < -0.39 is 16.0 Å². The minimum absolute atomic E-state index is 0.00633. The molecule has 4 rings (SSSR count). The first-order valence-corrected chi connectivity index (χ1v) is 14.3. The molecular weight excluding hydrogens is 502 g/mol. The lowest BCUT2D eigenvalue weighted by Gasteiger charge is -2.29. The maximum absolute atomic E-state index is 13.0. The van der Waals surface area contributed by atoms with Crippen LogP contribution in [0.25, 0.3) is 11.1 Å². The molecular formula is C29H33N3O5S. The predicted octanol–water partition coefficient (Wildman–Crippen LogP) is 4.48. The van der Waals surface area contributed by atoms with Gasteiger partial charge in [0.15, 0.2) is 0 Å². The zero-order valence-electron chi connectivity index (χ0n) is 21.3. The van der Waals surface area contributed by atoms with E-state index >= 15 is 0 Å². The Labute approximate surface area is 223 Å². The number of hydrogen-bond acceptors (Lipinski definition) is 5. The number of hydrogen-bond donors (Lipinski definition) is 3. The maximum atomic E-state index is 13.0. The highest BCUT2D eigenvalue weighted by Gasteiger charge is 2.29. The van der Waals surface area contributed by atoms with Gasteiger partial charge in [-0.3, -0.25) is 14.6 Å². The average molecular weight is 536 g/mol. The lowest BCUT2D eigenvalue weighted by Crippen LogP contribution is -2.41. The molecule has 3 N–H and O–H groups in total. The summed E-state index contributed by atoms with van der Waals surface area (Å²) in [6.07, 6.45) is 6.44. The van der Waals surface area contributed by atoms with Gasteiger partial charge in [0, 0.05) is 30.8 Å². The molecule has 9 heteroatoms. The van der Waals surface area contributed by atoms with E-state index in [1.54, 1.807) is 36.7 Å². The summed E-state index contributed by atoms with van der Waals surface area (Å²) in [5, 5.41) is 11.9. The Balaban J connectivity index is 1.29. The Morgan fingerprint density at radius 2 is 1.61 bits per heavy atom. The number of carbonyl (C=O) groups excluding carboxylic acids is 1. The summed E-state index contributed by atoms with van der Waals surface area (Å²) < 4.78 is 28.8. The highest BCUT2D eigenvalue weighted by Crippen LogP contribution is 2.27. The zero-order chi connectivity index (χ0) is 27.1. The van der Waals surface area contributed by atoms with Gasteiger partial charge in [-0.1, -0.05) is 42.5 Å². The van der Waals surface area contributed by atoms with Gasteiger partial charge in [-0.05, 0) is 79.5 Å². The van der Waals surface area contributed by atoms with Gasteiger partial charge in [-0.25, -0.2) is 13.1 Å². The molecule has 0 saturated heterocycles. The van der Waals surface area contributed by atoms with E-state index in [9.17, 15) is 18.0 Å². The van der Waals surface area contributed by atoms with Crippen molar-refractivity contribution in [3.8, 4) is 11.1 Å². The number of aliphatic carboxylic acids is 1. The van der Waals surface area contributed by atoms with E-state index in [1.807, 2.05) is 43.3 Å². The number of aryl methyl sites for hydroxylation is 1. The van der Waals surface area contributed by atoms with Crippen LogP contribution in [0.15, 0.2) is 78.0 Å². The first-order valence-electron chi connectivity index (χ1n) is 12.8. The van der Waals surface area contributed by atoms with Crippen LogP contribution < -0.4 is 10.0 Å². The normalized spacial score (nSPS) is 18.4. The number of aromatic nitrogens is 1. The maximum Gasteiger partial charge on any atom is 0.303 e. The number of rotatable bonds is 10. The second-order valence-corrected chi connectivity index (χ2v) is 11.5.